The van der Waals surface area contributed by atoms with E-state index in [-0.39, 0.29) is 12.1 Å². The summed E-state index contributed by atoms with van der Waals surface area (Å²) in [5.41, 5.74) is 5.36. The van der Waals surface area contributed by atoms with Gasteiger partial charge in [0.25, 0.3) is 0 Å². The number of ether oxygens (including phenoxy) is 1. The largest absolute Gasteiger partial charge is 0.469 e. The molecule has 1 aromatic carbocycles. The van der Waals surface area contributed by atoms with E-state index in [1.54, 1.807) is 4.68 Å². The minimum absolute atomic E-state index is 0.0355. The molecule has 0 fully saturated rings. The summed E-state index contributed by atoms with van der Waals surface area (Å²) in [7, 11) is 3.85. The molecule has 4 aromatic rings. The van der Waals surface area contributed by atoms with Crippen LogP contribution in [0.15, 0.2) is 67.4 Å². The van der Waals surface area contributed by atoms with Crippen LogP contribution in [0.3, 0.4) is 0 Å². The van der Waals surface area contributed by atoms with Crippen molar-refractivity contribution in [2.45, 2.75) is 18.6 Å². The van der Waals surface area contributed by atoms with Crippen molar-refractivity contribution in [1.29, 1.82) is 0 Å². The van der Waals surface area contributed by atoms with Crippen molar-refractivity contribution < 1.29 is 4.74 Å². The number of aryl methyl sites for hydroxylation is 2. The maximum Gasteiger partial charge on any atom is 0.237 e. The van der Waals surface area contributed by atoms with Crippen LogP contribution >= 0.6 is 0 Å². The van der Waals surface area contributed by atoms with Crippen LogP contribution in [0.25, 0.3) is 11.1 Å². The number of benzene rings is 1. The number of pyridine rings is 1. The van der Waals surface area contributed by atoms with Gasteiger partial charge in [-0.05, 0) is 30.2 Å². The van der Waals surface area contributed by atoms with Crippen molar-refractivity contribution in [3.8, 4) is 17.0 Å². The fourth-order valence-corrected chi connectivity index (χ4v) is 4.08. The number of anilines is 1. The molecular weight excluding hydrogens is 402 g/mol. The van der Waals surface area contributed by atoms with Gasteiger partial charge < -0.3 is 15.4 Å². The van der Waals surface area contributed by atoms with Gasteiger partial charge in [-0.15, -0.1) is 0 Å². The molecule has 2 N–H and O–H groups in total. The zero-order valence-electron chi connectivity index (χ0n) is 18.3. The Bertz CT molecular complexity index is 1180. The molecule has 1 aliphatic rings. The average molecular weight is 430 g/mol. The van der Waals surface area contributed by atoms with Gasteiger partial charge in [-0.25, -0.2) is 4.98 Å². The van der Waals surface area contributed by atoms with E-state index in [0.29, 0.717) is 12.4 Å². The predicted octanol–water partition coefficient (Wildman–Crippen LogP) is 2.96. The number of hydrogen-bond acceptors (Lipinski definition) is 6. The molecule has 2 atom stereocenters. The summed E-state index contributed by atoms with van der Waals surface area (Å²) < 4.78 is 10.00. The molecule has 0 amide bonds. The first-order valence-corrected chi connectivity index (χ1v) is 10.8. The Balaban J connectivity index is 1.32. The van der Waals surface area contributed by atoms with E-state index in [1.165, 1.54) is 11.1 Å². The molecule has 0 radical (unpaired) electrons. The normalized spacial score (nSPS) is 16.1. The van der Waals surface area contributed by atoms with Crippen molar-refractivity contribution in [2.75, 3.05) is 18.4 Å². The van der Waals surface area contributed by atoms with Gasteiger partial charge in [0.15, 0.2) is 0 Å². The van der Waals surface area contributed by atoms with E-state index in [4.69, 9.17) is 4.74 Å². The van der Waals surface area contributed by atoms with Gasteiger partial charge in [-0.1, -0.05) is 30.3 Å². The molecule has 0 spiro atoms. The summed E-state index contributed by atoms with van der Waals surface area (Å²) in [5, 5.41) is 15.7. The van der Waals surface area contributed by atoms with Crippen molar-refractivity contribution in [2.24, 2.45) is 14.1 Å². The quantitative estimate of drug-likeness (QED) is 0.470. The van der Waals surface area contributed by atoms with Crippen LogP contribution in [0.2, 0.25) is 0 Å². The van der Waals surface area contributed by atoms with Gasteiger partial charge in [0.05, 0.1) is 30.7 Å². The Morgan fingerprint density at radius 3 is 2.62 bits per heavy atom. The Kier molecular flexibility index (Phi) is 5.60. The molecule has 0 bridgehead atoms. The predicted molar refractivity (Wildman–Crippen MR) is 123 cm³/mol. The highest BCUT2D eigenvalue weighted by Crippen LogP contribution is 2.34. The first kappa shape index (κ1) is 20.3. The second-order valence-electron chi connectivity index (χ2n) is 8.13. The Hall–Kier alpha value is -3.65. The van der Waals surface area contributed by atoms with Crippen LogP contribution in [0.1, 0.15) is 17.2 Å². The molecule has 2 unspecified atom stereocenters. The fourth-order valence-electron chi connectivity index (χ4n) is 4.08. The van der Waals surface area contributed by atoms with Gasteiger partial charge in [-0.3, -0.25) is 9.36 Å². The number of nitrogens with zero attached hydrogens (tertiary/aromatic N) is 5. The highest BCUT2D eigenvalue weighted by molar-refractivity contribution is 5.69. The number of nitrogens with one attached hydrogen (secondary N) is 2. The third kappa shape index (κ3) is 4.36. The summed E-state index contributed by atoms with van der Waals surface area (Å²) in [6.45, 7) is 1.51. The van der Waals surface area contributed by atoms with E-state index in [9.17, 15) is 0 Å². The maximum atomic E-state index is 6.38. The Morgan fingerprint density at radius 2 is 1.88 bits per heavy atom. The molecule has 0 aliphatic carbocycles. The molecule has 5 rings (SSSR count). The van der Waals surface area contributed by atoms with Crippen molar-refractivity contribution in [1.82, 2.24) is 29.9 Å². The summed E-state index contributed by atoms with van der Waals surface area (Å²) in [6, 6.07) is 12.5. The fraction of sp³-hybridized carbons (Fsp3) is 0.292. The van der Waals surface area contributed by atoms with Crippen molar-refractivity contribution in [3.63, 3.8) is 0 Å². The average Bonchev–Trinajstić information content (AvgIpc) is 3.44. The minimum atomic E-state index is -0.0875. The molecule has 8 heteroatoms. The lowest BCUT2D eigenvalue weighted by molar-refractivity contribution is 0.150. The van der Waals surface area contributed by atoms with Crippen LogP contribution in [-0.4, -0.2) is 43.7 Å². The Labute approximate surface area is 187 Å². The lowest BCUT2D eigenvalue weighted by Gasteiger charge is -2.33. The van der Waals surface area contributed by atoms with Gasteiger partial charge in [0.1, 0.15) is 6.10 Å². The van der Waals surface area contributed by atoms with Gasteiger partial charge in [0.2, 0.25) is 5.88 Å². The highest BCUT2D eigenvalue weighted by atomic mass is 16.5. The standard InChI is InChI=1S/C24H27N7O/c1-30-15-17(11-28-30)8-9-25-23(18-6-4-3-5-7-18)22-14-26-21-10-19(12-27-24(21)32-22)20-13-29-31(2)16-20/h3-7,10-13,15-16,22-23,25-26H,8-9,14H2,1-2H3. The van der Waals surface area contributed by atoms with Crippen LogP contribution in [0.4, 0.5) is 5.69 Å². The SMILES string of the molecule is Cn1cc(CCNC(c2ccccc2)C2CNc3cc(-c4cnn(C)c4)cnc3O2)cn1. The van der Waals surface area contributed by atoms with Crippen LogP contribution in [0.5, 0.6) is 5.88 Å². The monoisotopic (exact) mass is 429 g/mol. The third-order valence-corrected chi connectivity index (χ3v) is 5.71. The lowest BCUT2D eigenvalue weighted by Crippen LogP contribution is -2.43. The van der Waals surface area contributed by atoms with E-state index >= 15 is 0 Å². The molecule has 4 heterocycles. The van der Waals surface area contributed by atoms with Gasteiger partial charge in [0, 0.05) is 43.8 Å². The second kappa shape index (κ2) is 8.84. The Morgan fingerprint density at radius 1 is 1.06 bits per heavy atom. The van der Waals surface area contributed by atoms with Gasteiger partial charge >= 0.3 is 0 Å². The lowest BCUT2D eigenvalue weighted by atomic mass is 9.99. The molecule has 3 aromatic heterocycles. The number of fused-ring (bicyclic) bond motifs is 1. The molecule has 32 heavy (non-hydrogen) atoms. The zero-order chi connectivity index (χ0) is 21.9. The first-order chi connectivity index (χ1) is 15.7. The van der Waals surface area contributed by atoms with Crippen LogP contribution in [-0.2, 0) is 20.5 Å². The topological polar surface area (TPSA) is 81.8 Å². The minimum Gasteiger partial charge on any atom is -0.469 e. The summed E-state index contributed by atoms with van der Waals surface area (Å²) >= 11 is 0. The number of rotatable bonds is 7. The second-order valence-corrected chi connectivity index (χ2v) is 8.13. The van der Waals surface area contributed by atoms with E-state index in [2.05, 4.69) is 62.3 Å². The highest BCUT2D eigenvalue weighted by Gasteiger charge is 2.29. The molecule has 164 valence electrons. The zero-order valence-corrected chi connectivity index (χ0v) is 18.3. The maximum absolute atomic E-state index is 6.38. The van der Waals surface area contributed by atoms with Crippen molar-refractivity contribution in [3.05, 3.63) is 78.5 Å². The number of hydrogen-bond donors (Lipinski definition) is 2. The molecule has 8 nitrogen and oxygen atoms in total. The molecule has 0 saturated carbocycles. The third-order valence-electron chi connectivity index (χ3n) is 5.71. The van der Waals surface area contributed by atoms with Gasteiger partial charge in [-0.2, -0.15) is 10.2 Å². The van der Waals surface area contributed by atoms with Crippen LogP contribution < -0.4 is 15.4 Å². The van der Waals surface area contributed by atoms with E-state index in [1.807, 2.05) is 49.6 Å². The smallest absolute Gasteiger partial charge is 0.237 e. The first-order valence-electron chi connectivity index (χ1n) is 10.8. The number of aromatic nitrogens is 5. The summed E-state index contributed by atoms with van der Waals surface area (Å²) in [5.74, 6) is 0.629. The summed E-state index contributed by atoms with van der Waals surface area (Å²) in [6.07, 6.45) is 10.4. The molecular formula is C24H27N7O. The molecule has 1 aliphatic heterocycles. The van der Waals surface area contributed by atoms with E-state index in [0.717, 1.165) is 29.8 Å². The van der Waals surface area contributed by atoms with Crippen LogP contribution in [0, 0.1) is 0 Å². The van der Waals surface area contributed by atoms with E-state index < -0.39 is 0 Å². The van der Waals surface area contributed by atoms with Crippen molar-refractivity contribution >= 4 is 5.69 Å². The molecule has 0 saturated heterocycles. The summed E-state index contributed by atoms with van der Waals surface area (Å²) in [4.78, 5) is 4.60.